The van der Waals surface area contributed by atoms with Crippen LogP contribution in [0, 0.1) is 6.07 Å². The van der Waals surface area contributed by atoms with Gasteiger partial charge in [0.2, 0.25) is 0 Å². The van der Waals surface area contributed by atoms with E-state index in [1.165, 1.54) is 5.56 Å². The van der Waals surface area contributed by atoms with Crippen LogP contribution in [0.15, 0.2) is 54.9 Å². The van der Waals surface area contributed by atoms with Crippen molar-refractivity contribution in [1.82, 2.24) is 9.97 Å². The maximum Gasteiger partial charge on any atom is 0.159 e. The first-order valence-corrected chi connectivity index (χ1v) is 5.11. The average Bonchev–Trinajstić information content (AvgIpc) is 2.39. The summed E-state index contributed by atoms with van der Waals surface area (Å²) in [5, 5.41) is 1.08. The maximum absolute atomic E-state index is 4.25. The largest absolute Gasteiger partial charge is 0.237 e. The number of rotatable bonds is 1. The van der Waals surface area contributed by atoms with Crippen molar-refractivity contribution < 1.29 is 0 Å². The van der Waals surface area contributed by atoms with Crippen molar-refractivity contribution in [2.24, 2.45) is 0 Å². The molecular weight excluding hydrogens is 196 g/mol. The Balaban J connectivity index is 2.32. The minimum atomic E-state index is 0.785. The number of pyridine rings is 2. The molecule has 2 heteroatoms. The number of nitrogens with zero attached hydrogens (tertiary/aromatic N) is 2. The Morgan fingerprint density at radius 3 is 2.56 bits per heavy atom. The lowest BCUT2D eigenvalue weighted by Crippen LogP contribution is -1.86. The van der Waals surface area contributed by atoms with Crippen LogP contribution < -0.4 is 0 Å². The fourth-order valence-corrected chi connectivity index (χ4v) is 1.80. The van der Waals surface area contributed by atoms with E-state index in [2.05, 4.69) is 16.0 Å². The molecule has 0 saturated heterocycles. The number of hydrogen-bond acceptors (Lipinski definition) is 2. The molecule has 3 rings (SSSR count). The van der Waals surface area contributed by atoms with E-state index in [0.717, 1.165) is 16.6 Å². The molecule has 0 aliphatic rings. The van der Waals surface area contributed by atoms with Gasteiger partial charge in [-0.15, -0.1) is 0 Å². The highest BCUT2D eigenvalue weighted by molar-refractivity contribution is 5.92. The molecule has 0 fully saturated rings. The molecule has 0 amide bonds. The Labute approximate surface area is 93.6 Å². The van der Waals surface area contributed by atoms with Gasteiger partial charge in [-0.1, -0.05) is 24.3 Å². The Kier molecular flexibility index (Phi) is 2.11. The van der Waals surface area contributed by atoms with Crippen LogP contribution in [-0.2, 0) is 0 Å². The van der Waals surface area contributed by atoms with Gasteiger partial charge in [-0.2, -0.15) is 0 Å². The number of fused-ring (bicyclic) bond motifs is 1. The molecule has 3 aromatic rings. The minimum Gasteiger partial charge on any atom is -0.237 e. The SMILES string of the molecule is [c]1ccc(-c2ccnc3ncccc23)cc1. The quantitative estimate of drug-likeness (QED) is 0.610. The highest BCUT2D eigenvalue weighted by Crippen LogP contribution is 2.25. The van der Waals surface area contributed by atoms with Crippen LogP contribution in [0.1, 0.15) is 0 Å². The van der Waals surface area contributed by atoms with Gasteiger partial charge in [0, 0.05) is 17.8 Å². The van der Waals surface area contributed by atoms with Crippen LogP contribution in [0.3, 0.4) is 0 Å². The van der Waals surface area contributed by atoms with Crippen LogP contribution in [0.5, 0.6) is 0 Å². The first-order valence-electron chi connectivity index (χ1n) is 5.11. The lowest BCUT2D eigenvalue weighted by Gasteiger charge is -2.04. The molecule has 2 heterocycles. The smallest absolute Gasteiger partial charge is 0.159 e. The van der Waals surface area contributed by atoms with Crippen molar-refractivity contribution in [1.29, 1.82) is 0 Å². The van der Waals surface area contributed by atoms with Gasteiger partial charge in [-0.3, -0.25) is 0 Å². The van der Waals surface area contributed by atoms with Crippen molar-refractivity contribution in [3.05, 3.63) is 60.9 Å². The van der Waals surface area contributed by atoms with E-state index in [1.807, 2.05) is 42.5 Å². The molecule has 0 spiro atoms. The molecule has 0 N–H and O–H groups in total. The first kappa shape index (κ1) is 9.04. The molecular formula is C14H9N2. The van der Waals surface area contributed by atoms with Crippen LogP contribution >= 0.6 is 0 Å². The third-order valence-corrected chi connectivity index (χ3v) is 2.54. The van der Waals surface area contributed by atoms with Crippen molar-refractivity contribution in [3.63, 3.8) is 0 Å². The summed E-state index contributed by atoms with van der Waals surface area (Å²) in [5.41, 5.74) is 3.11. The molecule has 0 unspecified atom stereocenters. The van der Waals surface area contributed by atoms with Crippen molar-refractivity contribution in [3.8, 4) is 11.1 Å². The van der Waals surface area contributed by atoms with Gasteiger partial charge >= 0.3 is 0 Å². The van der Waals surface area contributed by atoms with Crippen LogP contribution in [0.4, 0.5) is 0 Å². The Morgan fingerprint density at radius 1 is 0.875 bits per heavy atom. The lowest BCUT2D eigenvalue weighted by molar-refractivity contribution is 1.29. The second-order valence-corrected chi connectivity index (χ2v) is 3.52. The Morgan fingerprint density at radius 2 is 1.69 bits per heavy atom. The Hall–Kier alpha value is -2.22. The first-order chi connectivity index (χ1) is 7.95. The molecule has 2 nitrogen and oxygen atoms in total. The summed E-state index contributed by atoms with van der Waals surface area (Å²) in [4.78, 5) is 8.50. The van der Waals surface area contributed by atoms with Gasteiger partial charge in [-0.25, -0.2) is 9.97 Å². The van der Waals surface area contributed by atoms with Crippen molar-refractivity contribution >= 4 is 11.0 Å². The average molecular weight is 205 g/mol. The van der Waals surface area contributed by atoms with Crippen LogP contribution in [0.2, 0.25) is 0 Å². The lowest BCUT2D eigenvalue weighted by atomic mass is 10.0. The zero-order valence-corrected chi connectivity index (χ0v) is 8.59. The van der Waals surface area contributed by atoms with Crippen LogP contribution in [-0.4, -0.2) is 9.97 Å². The standard InChI is InChI=1S/C14H9N2/c1-2-5-11(6-3-1)12-8-10-16-14-13(12)7-4-9-15-14/h2-10H. The zero-order chi connectivity index (χ0) is 10.8. The van der Waals surface area contributed by atoms with E-state index in [0.29, 0.717) is 0 Å². The van der Waals surface area contributed by atoms with Crippen molar-refractivity contribution in [2.75, 3.05) is 0 Å². The van der Waals surface area contributed by atoms with Gasteiger partial charge in [0.05, 0.1) is 0 Å². The number of aromatic nitrogens is 2. The molecule has 0 atom stereocenters. The van der Waals surface area contributed by atoms with Gasteiger partial charge < -0.3 is 0 Å². The summed E-state index contributed by atoms with van der Waals surface area (Å²) in [7, 11) is 0. The summed E-state index contributed by atoms with van der Waals surface area (Å²) in [6.07, 6.45) is 3.55. The summed E-state index contributed by atoms with van der Waals surface area (Å²) < 4.78 is 0. The molecule has 0 aliphatic heterocycles. The van der Waals surface area contributed by atoms with E-state index in [1.54, 1.807) is 12.4 Å². The molecule has 1 radical (unpaired) electrons. The normalized spacial score (nSPS) is 10.5. The van der Waals surface area contributed by atoms with E-state index >= 15 is 0 Å². The summed E-state index contributed by atoms with van der Waals surface area (Å²) in [6.45, 7) is 0. The van der Waals surface area contributed by atoms with Crippen LogP contribution in [0.25, 0.3) is 22.2 Å². The topological polar surface area (TPSA) is 25.8 Å². The third kappa shape index (κ3) is 1.44. The summed E-state index contributed by atoms with van der Waals surface area (Å²) in [6, 6.07) is 16.9. The maximum atomic E-state index is 4.25. The van der Waals surface area contributed by atoms with E-state index in [-0.39, 0.29) is 0 Å². The summed E-state index contributed by atoms with van der Waals surface area (Å²) in [5.74, 6) is 0. The molecule has 0 aliphatic carbocycles. The molecule has 16 heavy (non-hydrogen) atoms. The monoisotopic (exact) mass is 205 g/mol. The third-order valence-electron chi connectivity index (χ3n) is 2.54. The van der Waals surface area contributed by atoms with Gasteiger partial charge in [0.1, 0.15) is 0 Å². The highest BCUT2D eigenvalue weighted by Gasteiger charge is 2.03. The van der Waals surface area contributed by atoms with E-state index < -0.39 is 0 Å². The molecule has 0 saturated carbocycles. The second kappa shape index (κ2) is 3.74. The second-order valence-electron chi connectivity index (χ2n) is 3.52. The number of hydrogen-bond donors (Lipinski definition) is 0. The molecule has 75 valence electrons. The Bertz CT molecular complexity index is 612. The van der Waals surface area contributed by atoms with Gasteiger partial charge in [0.15, 0.2) is 5.65 Å². The predicted octanol–water partition coefficient (Wildman–Crippen LogP) is 3.10. The van der Waals surface area contributed by atoms with E-state index in [9.17, 15) is 0 Å². The van der Waals surface area contributed by atoms with Crippen molar-refractivity contribution in [2.45, 2.75) is 0 Å². The fraction of sp³-hybridized carbons (Fsp3) is 0. The fourth-order valence-electron chi connectivity index (χ4n) is 1.80. The molecule has 1 aromatic carbocycles. The molecule has 2 aromatic heterocycles. The summed E-state index contributed by atoms with van der Waals surface area (Å²) >= 11 is 0. The zero-order valence-electron chi connectivity index (χ0n) is 8.59. The van der Waals surface area contributed by atoms with Gasteiger partial charge in [-0.05, 0) is 35.4 Å². The van der Waals surface area contributed by atoms with E-state index in [4.69, 9.17) is 0 Å². The predicted molar refractivity (Wildman–Crippen MR) is 63.8 cm³/mol. The van der Waals surface area contributed by atoms with Gasteiger partial charge in [0.25, 0.3) is 0 Å². The highest BCUT2D eigenvalue weighted by atomic mass is 14.8. The molecule has 0 bridgehead atoms. The number of benzene rings is 1. The minimum absolute atomic E-state index is 0.785.